The van der Waals surface area contributed by atoms with Gasteiger partial charge in [0, 0.05) is 30.3 Å². The Bertz CT molecular complexity index is 1210. The van der Waals surface area contributed by atoms with E-state index in [0.717, 1.165) is 37.8 Å². The summed E-state index contributed by atoms with van der Waals surface area (Å²) in [7, 11) is 0. The van der Waals surface area contributed by atoms with Gasteiger partial charge in [-0.25, -0.2) is 4.79 Å². The van der Waals surface area contributed by atoms with Gasteiger partial charge in [0.05, 0.1) is 12.0 Å². The summed E-state index contributed by atoms with van der Waals surface area (Å²) in [6, 6.07) is 11.0. The number of carbonyl (C=O) groups is 2. The van der Waals surface area contributed by atoms with Crippen molar-refractivity contribution >= 4 is 29.2 Å². The fourth-order valence-corrected chi connectivity index (χ4v) is 4.05. The third-order valence-electron chi connectivity index (χ3n) is 5.84. The molecule has 0 radical (unpaired) electrons. The van der Waals surface area contributed by atoms with Gasteiger partial charge < -0.3 is 16.4 Å². The summed E-state index contributed by atoms with van der Waals surface area (Å²) in [6.07, 6.45) is 0.175. The van der Waals surface area contributed by atoms with Crippen LogP contribution in [0.5, 0.6) is 0 Å². The molecule has 1 aromatic heterocycles. The lowest BCUT2D eigenvalue weighted by Crippen LogP contribution is -2.44. The molecule has 0 unspecified atom stereocenters. The molecule has 0 saturated heterocycles. The first-order valence-corrected chi connectivity index (χ1v) is 11.4. The van der Waals surface area contributed by atoms with Crippen LogP contribution in [-0.2, 0) is 17.4 Å². The van der Waals surface area contributed by atoms with E-state index >= 15 is 0 Å². The number of nitrogens with one attached hydrogen (secondary N) is 3. The molecule has 5 N–H and O–H groups in total. The first kappa shape index (κ1) is 25.2. The molecule has 2 aromatic carbocycles. The number of urea groups is 1. The predicted octanol–water partition coefficient (Wildman–Crippen LogP) is 4.25. The topological polar surface area (TPSA) is 126 Å². The van der Waals surface area contributed by atoms with E-state index in [1.807, 2.05) is 0 Å². The number of hydrogen-bond acceptors (Lipinski definition) is 5. The van der Waals surface area contributed by atoms with Crippen molar-refractivity contribution in [3.05, 3.63) is 65.9 Å². The SMILES string of the molecule is NC1CCC([n+]2cc(NC(=O)Nc3cc(NC(=O)Cc4ccccc4)cc(C(F)(F)F)c3)on2)CC1. The molecular weight excluding hydrogens is 477 g/mol. The van der Waals surface area contributed by atoms with E-state index in [9.17, 15) is 22.8 Å². The number of nitrogens with two attached hydrogens (primary N) is 1. The number of benzene rings is 2. The van der Waals surface area contributed by atoms with Crippen molar-refractivity contribution in [2.75, 3.05) is 16.0 Å². The van der Waals surface area contributed by atoms with E-state index in [1.165, 1.54) is 12.3 Å². The van der Waals surface area contributed by atoms with Crippen molar-refractivity contribution in [2.45, 2.75) is 50.4 Å². The quantitative estimate of drug-likeness (QED) is 0.374. The lowest BCUT2D eigenvalue weighted by Gasteiger charge is -2.19. The van der Waals surface area contributed by atoms with Gasteiger partial charge in [-0.15, -0.1) is 0 Å². The largest absolute Gasteiger partial charge is 0.416 e. The third-order valence-corrected chi connectivity index (χ3v) is 5.84. The van der Waals surface area contributed by atoms with Crippen LogP contribution in [0.2, 0.25) is 0 Å². The summed E-state index contributed by atoms with van der Waals surface area (Å²) in [5, 5.41) is 11.1. The van der Waals surface area contributed by atoms with Gasteiger partial charge in [-0.05, 0) is 41.3 Å². The van der Waals surface area contributed by atoms with E-state index < -0.39 is 23.7 Å². The van der Waals surface area contributed by atoms with Gasteiger partial charge in [-0.2, -0.15) is 13.2 Å². The Morgan fingerprint density at radius 3 is 2.33 bits per heavy atom. The number of anilines is 3. The number of aromatic nitrogens is 2. The number of halogens is 3. The summed E-state index contributed by atoms with van der Waals surface area (Å²) in [5.74, 6) is -0.462. The lowest BCUT2D eigenvalue weighted by molar-refractivity contribution is -0.787. The highest BCUT2D eigenvalue weighted by molar-refractivity contribution is 6.00. The van der Waals surface area contributed by atoms with Crippen molar-refractivity contribution < 1.29 is 32.0 Å². The molecule has 1 fully saturated rings. The molecule has 0 atom stereocenters. The van der Waals surface area contributed by atoms with E-state index in [0.29, 0.717) is 5.56 Å². The molecule has 0 bridgehead atoms. The van der Waals surface area contributed by atoms with Gasteiger partial charge in [0.15, 0.2) is 6.04 Å². The summed E-state index contributed by atoms with van der Waals surface area (Å²) < 4.78 is 47.1. The number of carbonyl (C=O) groups excluding carboxylic acids is 2. The first-order valence-electron chi connectivity index (χ1n) is 11.4. The molecule has 1 saturated carbocycles. The maximum atomic E-state index is 13.4. The molecular formula is C24H26F3N6O3+. The van der Waals surface area contributed by atoms with Crippen LogP contribution in [0.15, 0.2) is 59.3 Å². The molecule has 3 aromatic rings. The zero-order valence-electron chi connectivity index (χ0n) is 19.2. The Kier molecular flexibility index (Phi) is 7.53. The second-order valence-corrected chi connectivity index (χ2v) is 8.70. The average molecular weight is 504 g/mol. The van der Waals surface area contributed by atoms with Crippen LogP contribution in [0.25, 0.3) is 0 Å². The van der Waals surface area contributed by atoms with E-state index in [4.69, 9.17) is 10.3 Å². The molecule has 12 heteroatoms. The highest BCUT2D eigenvalue weighted by Gasteiger charge is 2.32. The molecule has 0 spiro atoms. The zero-order valence-corrected chi connectivity index (χ0v) is 19.2. The summed E-state index contributed by atoms with van der Waals surface area (Å²) in [5.41, 5.74) is 5.34. The average Bonchev–Trinajstić information content (AvgIpc) is 3.27. The second kappa shape index (κ2) is 10.8. The molecule has 1 aliphatic carbocycles. The van der Waals surface area contributed by atoms with E-state index in [2.05, 4.69) is 21.2 Å². The van der Waals surface area contributed by atoms with Gasteiger partial charge >= 0.3 is 18.1 Å². The number of alkyl halides is 3. The highest BCUT2D eigenvalue weighted by Crippen LogP contribution is 2.33. The zero-order chi connectivity index (χ0) is 25.7. The Morgan fingerprint density at radius 2 is 1.67 bits per heavy atom. The highest BCUT2D eigenvalue weighted by atomic mass is 19.4. The Balaban J connectivity index is 1.42. The Morgan fingerprint density at radius 1 is 1.00 bits per heavy atom. The number of hydrogen-bond donors (Lipinski definition) is 4. The molecule has 3 amide bonds. The second-order valence-electron chi connectivity index (χ2n) is 8.70. The van der Waals surface area contributed by atoms with E-state index in [-0.39, 0.29) is 35.8 Å². The Hall–Kier alpha value is -3.93. The standard InChI is InChI=1S/C24H25F3N6O3/c25-24(26,27)16-11-18(29-21(34)10-15-4-2-1-3-5-15)13-19(12-16)30-23(35)31-22-14-33(32-36-22)20-8-6-17(28)7-9-20/h1-5,11-14,17,20H,6-10,28H2,(H2-,29,30,31,32,34,35)/p+1. The van der Waals surface area contributed by atoms with Crippen LogP contribution in [0.4, 0.5) is 35.2 Å². The third kappa shape index (κ3) is 6.81. The fraction of sp³-hybridized carbons (Fsp3) is 0.333. The Labute approximate surface area is 204 Å². The van der Waals surface area contributed by atoms with Gasteiger partial charge in [0.1, 0.15) is 0 Å². The van der Waals surface area contributed by atoms with Crippen LogP contribution in [-0.4, -0.2) is 23.3 Å². The number of amides is 3. The van der Waals surface area contributed by atoms with Crippen LogP contribution >= 0.6 is 0 Å². The number of nitrogens with zero attached hydrogens (tertiary/aromatic N) is 2. The van der Waals surface area contributed by atoms with Crippen molar-refractivity contribution in [3.8, 4) is 0 Å². The molecule has 190 valence electrons. The summed E-state index contributed by atoms with van der Waals surface area (Å²) >= 11 is 0. The monoisotopic (exact) mass is 503 g/mol. The minimum absolute atomic E-state index is 0.0151. The molecule has 1 aliphatic rings. The summed E-state index contributed by atoms with van der Waals surface area (Å²) in [6.45, 7) is 0. The minimum Gasteiger partial charge on any atom is -0.328 e. The lowest BCUT2D eigenvalue weighted by atomic mass is 9.92. The van der Waals surface area contributed by atoms with Crippen LogP contribution in [0.1, 0.15) is 42.9 Å². The molecule has 1 heterocycles. The van der Waals surface area contributed by atoms with Crippen LogP contribution in [0, 0.1) is 0 Å². The summed E-state index contributed by atoms with van der Waals surface area (Å²) in [4.78, 5) is 24.8. The smallest absolute Gasteiger partial charge is 0.328 e. The van der Waals surface area contributed by atoms with Gasteiger partial charge in [0.2, 0.25) is 11.2 Å². The predicted molar refractivity (Wildman–Crippen MR) is 125 cm³/mol. The van der Waals surface area contributed by atoms with Gasteiger partial charge in [-0.1, -0.05) is 30.3 Å². The normalized spacial score (nSPS) is 17.9. The maximum Gasteiger partial charge on any atom is 0.416 e. The van der Waals surface area contributed by atoms with Crippen molar-refractivity contribution in [3.63, 3.8) is 0 Å². The van der Waals surface area contributed by atoms with Gasteiger partial charge in [-0.3, -0.25) is 14.6 Å². The fourth-order valence-electron chi connectivity index (χ4n) is 4.05. The van der Waals surface area contributed by atoms with E-state index in [1.54, 1.807) is 35.0 Å². The van der Waals surface area contributed by atoms with Crippen molar-refractivity contribution in [1.29, 1.82) is 0 Å². The van der Waals surface area contributed by atoms with Crippen molar-refractivity contribution in [2.24, 2.45) is 5.73 Å². The first-order chi connectivity index (χ1) is 17.2. The molecule has 9 nitrogen and oxygen atoms in total. The maximum absolute atomic E-state index is 13.4. The van der Waals surface area contributed by atoms with Gasteiger partial charge in [0.25, 0.3) is 6.20 Å². The van der Waals surface area contributed by atoms with Crippen LogP contribution in [0.3, 0.4) is 0 Å². The van der Waals surface area contributed by atoms with Crippen LogP contribution < -0.4 is 26.4 Å². The minimum atomic E-state index is -4.69. The molecule has 36 heavy (non-hydrogen) atoms. The van der Waals surface area contributed by atoms with Crippen molar-refractivity contribution in [1.82, 2.24) is 5.27 Å². The molecule has 4 rings (SSSR count). The number of rotatable bonds is 6. The molecule has 0 aliphatic heterocycles.